The molecule has 0 radical (unpaired) electrons. The summed E-state index contributed by atoms with van der Waals surface area (Å²) in [6.07, 6.45) is 6.16. The highest BCUT2D eigenvalue weighted by atomic mass is 35.5. The number of amides is 2. The van der Waals surface area contributed by atoms with Crippen molar-refractivity contribution in [3.63, 3.8) is 0 Å². The van der Waals surface area contributed by atoms with Crippen molar-refractivity contribution in [2.24, 2.45) is 0 Å². The summed E-state index contributed by atoms with van der Waals surface area (Å²) in [5.74, 6) is 0. The van der Waals surface area contributed by atoms with Gasteiger partial charge in [0.25, 0.3) is 0 Å². The fraction of sp³-hybridized carbons (Fsp3) is 0.368. The van der Waals surface area contributed by atoms with Crippen molar-refractivity contribution in [1.29, 1.82) is 0 Å². The Balaban J connectivity index is 1.55. The minimum absolute atomic E-state index is 0.0420. The lowest BCUT2D eigenvalue weighted by molar-refractivity contribution is 0.162. The molecule has 0 spiro atoms. The molecule has 3 saturated heterocycles. The number of hydrogen-bond acceptors (Lipinski definition) is 3. The molecular formula is C19H20Cl2N4O. The number of benzene rings is 1. The molecule has 3 fully saturated rings. The van der Waals surface area contributed by atoms with Crippen LogP contribution < -0.4 is 10.2 Å². The topological polar surface area (TPSA) is 48.5 Å². The lowest BCUT2D eigenvalue weighted by Crippen LogP contribution is -2.51. The highest BCUT2D eigenvalue weighted by Crippen LogP contribution is 2.39. The number of anilines is 2. The molecule has 136 valence electrons. The van der Waals surface area contributed by atoms with Crippen molar-refractivity contribution >= 4 is 40.6 Å². The Morgan fingerprint density at radius 2 is 1.73 bits per heavy atom. The van der Waals surface area contributed by atoms with Crippen LogP contribution >= 0.6 is 23.2 Å². The first-order chi connectivity index (χ1) is 12.6. The predicted octanol–water partition coefficient (Wildman–Crippen LogP) is 4.66. The lowest BCUT2D eigenvalue weighted by Gasteiger charge is -2.39. The van der Waals surface area contributed by atoms with Crippen LogP contribution in [0.5, 0.6) is 0 Å². The number of piperidine rings is 1. The first-order valence-electron chi connectivity index (χ1n) is 8.82. The Bertz CT molecular complexity index is 781. The SMILES string of the molecule is O=C(Nc1ccccc1)N1CC2CCC1CCN2c1c(Cl)cncc1Cl. The minimum Gasteiger partial charge on any atom is -0.364 e. The summed E-state index contributed by atoms with van der Waals surface area (Å²) in [6.45, 7) is 1.49. The smallest absolute Gasteiger partial charge is 0.322 e. The van der Waals surface area contributed by atoms with Crippen molar-refractivity contribution in [1.82, 2.24) is 9.88 Å². The molecule has 2 bridgehead atoms. The van der Waals surface area contributed by atoms with Gasteiger partial charge in [0.1, 0.15) is 0 Å². The van der Waals surface area contributed by atoms with Crippen LogP contribution in [0.4, 0.5) is 16.2 Å². The third-order valence-electron chi connectivity index (χ3n) is 5.23. The fourth-order valence-corrected chi connectivity index (χ4v) is 4.55. The van der Waals surface area contributed by atoms with Crippen LogP contribution in [-0.2, 0) is 0 Å². The van der Waals surface area contributed by atoms with Gasteiger partial charge in [0, 0.05) is 43.3 Å². The highest BCUT2D eigenvalue weighted by Gasteiger charge is 2.39. The summed E-state index contributed by atoms with van der Waals surface area (Å²) in [5.41, 5.74) is 1.65. The van der Waals surface area contributed by atoms with E-state index in [0.29, 0.717) is 16.6 Å². The van der Waals surface area contributed by atoms with Crippen LogP contribution in [-0.4, -0.2) is 41.1 Å². The van der Waals surface area contributed by atoms with Gasteiger partial charge in [-0.2, -0.15) is 0 Å². The van der Waals surface area contributed by atoms with Crippen molar-refractivity contribution < 1.29 is 4.79 Å². The molecule has 3 aliphatic heterocycles. The summed E-state index contributed by atoms with van der Waals surface area (Å²) in [7, 11) is 0. The summed E-state index contributed by atoms with van der Waals surface area (Å²) in [6, 6.07) is 9.96. The first kappa shape index (κ1) is 17.4. The monoisotopic (exact) mass is 390 g/mol. The molecule has 0 saturated carbocycles. The molecule has 5 rings (SSSR count). The number of carbonyl (C=O) groups excluding carboxylic acids is 1. The number of hydrogen-bond donors (Lipinski definition) is 1. The molecule has 5 nitrogen and oxygen atoms in total. The van der Waals surface area contributed by atoms with Crippen molar-refractivity contribution in [3.05, 3.63) is 52.8 Å². The van der Waals surface area contributed by atoms with Crippen LogP contribution in [0.2, 0.25) is 10.0 Å². The van der Waals surface area contributed by atoms with Crippen LogP contribution in [0.15, 0.2) is 42.7 Å². The average Bonchev–Trinajstić information content (AvgIpc) is 2.95. The number of nitrogens with one attached hydrogen (secondary N) is 1. The van der Waals surface area contributed by atoms with Crippen molar-refractivity contribution in [2.75, 3.05) is 23.3 Å². The predicted molar refractivity (Wildman–Crippen MR) is 105 cm³/mol. The van der Waals surface area contributed by atoms with Crippen molar-refractivity contribution in [2.45, 2.75) is 31.3 Å². The molecule has 2 atom stereocenters. The van der Waals surface area contributed by atoms with E-state index in [4.69, 9.17) is 23.2 Å². The summed E-state index contributed by atoms with van der Waals surface area (Å²) >= 11 is 12.8. The maximum atomic E-state index is 12.8. The molecule has 1 aromatic carbocycles. The van der Waals surface area contributed by atoms with E-state index in [1.165, 1.54) is 0 Å². The minimum atomic E-state index is -0.0420. The third kappa shape index (κ3) is 3.33. The van der Waals surface area contributed by atoms with Crippen LogP contribution in [0.25, 0.3) is 0 Å². The molecule has 1 aromatic heterocycles. The average molecular weight is 391 g/mol. The normalized spacial score (nSPS) is 22.2. The number of pyridine rings is 1. The molecule has 26 heavy (non-hydrogen) atoms. The van der Waals surface area contributed by atoms with E-state index in [0.717, 1.165) is 37.2 Å². The van der Waals surface area contributed by atoms with Gasteiger partial charge in [-0.1, -0.05) is 41.4 Å². The van der Waals surface area contributed by atoms with Gasteiger partial charge in [-0.15, -0.1) is 0 Å². The van der Waals surface area contributed by atoms with Crippen molar-refractivity contribution in [3.8, 4) is 0 Å². The zero-order valence-electron chi connectivity index (χ0n) is 14.2. The van der Waals surface area contributed by atoms with Gasteiger partial charge < -0.3 is 15.1 Å². The molecule has 1 N–H and O–H groups in total. The van der Waals surface area contributed by atoms with E-state index >= 15 is 0 Å². The maximum absolute atomic E-state index is 12.8. The lowest BCUT2D eigenvalue weighted by atomic mass is 9.99. The third-order valence-corrected chi connectivity index (χ3v) is 5.78. The Morgan fingerprint density at radius 3 is 2.46 bits per heavy atom. The summed E-state index contributed by atoms with van der Waals surface area (Å²) in [4.78, 5) is 21.1. The molecule has 2 aromatic rings. The summed E-state index contributed by atoms with van der Waals surface area (Å²) in [5, 5.41) is 4.12. The van der Waals surface area contributed by atoms with E-state index in [9.17, 15) is 4.79 Å². The van der Waals surface area contributed by atoms with Crippen LogP contribution in [0.3, 0.4) is 0 Å². The molecule has 2 amide bonds. The zero-order valence-corrected chi connectivity index (χ0v) is 15.7. The fourth-order valence-electron chi connectivity index (χ4n) is 3.97. The molecular weight excluding hydrogens is 371 g/mol. The van der Waals surface area contributed by atoms with E-state index in [-0.39, 0.29) is 18.1 Å². The van der Waals surface area contributed by atoms with Gasteiger partial charge in [-0.05, 0) is 31.4 Å². The van der Waals surface area contributed by atoms with Gasteiger partial charge in [-0.3, -0.25) is 4.98 Å². The largest absolute Gasteiger partial charge is 0.364 e. The molecule has 0 aliphatic carbocycles. The van der Waals surface area contributed by atoms with Gasteiger partial charge in [-0.25, -0.2) is 4.79 Å². The number of para-hydroxylation sites is 1. The van der Waals surface area contributed by atoms with Gasteiger partial charge >= 0.3 is 6.03 Å². The van der Waals surface area contributed by atoms with Crippen LogP contribution in [0, 0.1) is 0 Å². The maximum Gasteiger partial charge on any atom is 0.322 e. The van der Waals surface area contributed by atoms with Gasteiger partial charge in [0.15, 0.2) is 0 Å². The second-order valence-corrected chi connectivity index (χ2v) is 7.58. The Kier molecular flexibility index (Phi) is 4.92. The standard InChI is InChI=1S/C19H20Cl2N4O/c20-16-10-22-11-17(21)18(16)24-9-8-14-6-7-15(24)12-25(14)19(26)23-13-4-2-1-3-5-13/h1-5,10-11,14-15H,6-9,12H2,(H,23,26). The first-order valence-corrected chi connectivity index (χ1v) is 9.57. The molecule has 3 aliphatic rings. The highest BCUT2D eigenvalue weighted by molar-refractivity contribution is 6.38. The number of carbonyl (C=O) groups is 1. The Hall–Kier alpha value is -1.98. The van der Waals surface area contributed by atoms with Crippen LogP contribution in [0.1, 0.15) is 19.3 Å². The number of urea groups is 1. The number of rotatable bonds is 2. The number of fused-ring (bicyclic) bond motifs is 4. The summed E-state index contributed by atoms with van der Waals surface area (Å²) < 4.78 is 0. The van der Waals surface area contributed by atoms with Gasteiger partial charge in [0.05, 0.1) is 15.7 Å². The second-order valence-electron chi connectivity index (χ2n) is 6.77. The quantitative estimate of drug-likeness (QED) is 0.810. The van der Waals surface area contributed by atoms with E-state index < -0.39 is 0 Å². The number of aromatic nitrogens is 1. The van der Waals surface area contributed by atoms with E-state index in [2.05, 4.69) is 15.2 Å². The second kappa shape index (κ2) is 7.33. The van der Waals surface area contributed by atoms with E-state index in [1.807, 2.05) is 35.2 Å². The zero-order chi connectivity index (χ0) is 18.1. The van der Waals surface area contributed by atoms with Gasteiger partial charge in [0.2, 0.25) is 0 Å². The number of halogens is 2. The molecule has 7 heteroatoms. The van der Waals surface area contributed by atoms with E-state index in [1.54, 1.807) is 12.4 Å². The Morgan fingerprint density at radius 1 is 1.04 bits per heavy atom. The Labute approximate surface area is 162 Å². The number of nitrogens with zero attached hydrogens (tertiary/aromatic N) is 3. The molecule has 4 heterocycles. The molecule has 2 unspecified atom stereocenters.